The van der Waals surface area contributed by atoms with Crippen molar-refractivity contribution in [3.05, 3.63) is 48.1 Å². The first-order chi connectivity index (χ1) is 32.3. The fraction of sp³-hybridized carbons (Fsp3) is 0.850. The lowest BCUT2D eigenvalue weighted by atomic mass is 9.47. The van der Waals surface area contributed by atoms with Gasteiger partial charge in [-0.25, -0.2) is 0 Å². The highest BCUT2D eigenvalue weighted by Crippen LogP contribution is 2.67. The standard InChI is InChI=1S/C60H102O7/c1-8-9-10-11-12-13-14-15-16-17-18-19-20-21-22-23-24-25-26-27-28-29-30-31-54(61)65-43-53-55(62)56(63)57(64)58(67-53)66-48-38-40-59(6)47(42-48)34-35-49-51-37-36-50(60(51,7)41-39-52(49)59)46(5)33-32-45(4)44(2)3/h14-15,17-18,20-21,34,44-46,48-53,55-58,62-64H,8-13,16,19,22-33,35-43H2,1-7H3/b15-14-,18-17-,21-20-. The van der Waals surface area contributed by atoms with E-state index >= 15 is 0 Å². The van der Waals surface area contributed by atoms with E-state index in [0.29, 0.717) is 17.8 Å². The SMILES string of the molecule is CCCCCCC/C=C\C/C=C\C/C=C\CCCCCCCCCCC(=O)OCC1OC(OC2CCC3(C)C(=CCC4C3CCC3(C)C(C(C)CCC(C)C(C)C)CCC43)C2)C(O)C(O)C1O. The van der Waals surface area contributed by atoms with Gasteiger partial charge in [0.1, 0.15) is 31.0 Å². The van der Waals surface area contributed by atoms with Gasteiger partial charge >= 0.3 is 5.97 Å². The summed E-state index contributed by atoms with van der Waals surface area (Å²) < 4.78 is 18.1. The monoisotopic (exact) mass is 935 g/mol. The number of fused-ring (bicyclic) bond motifs is 5. The van der Waals surface area contributed by atoms with Crippen LogP contribution in [0, 0.1) is 52.3 Å². The molecule has 1 heterocycles. The predicted molar refractivity (Wildman–Crippen MR) is 276 cm³/mol. The van der Waals surface area contributed by atoms with Crippen molar-refractivity contribution in [2.45, 2.75) is 265 Å². The van der Waals surface area contributed by atoms with Gasteiger partial charge in [-0.3, -0.25) is 4.79 Å². The molecule has 3 N–H and O–H groups in total. The zero-order valence-electron chi connectivity index (χ0n) is 44.0. The van der Waals surface area contributed by atoms with E-state index < -0.39 is 30.7 Å². The van der Waals surface area contributed by atoms with E-state index in [0.717, 1.165) is 99.7 Å². The third-order valence-electron chi connectivity index (χ3n) is 18.5. The minimum Gasteiger partial charge on any atom is -0.463 e. The number of hydrogen-bond acceptors (Lipinski definition) is 7. The number of ether oxygens (including phenoxy) is 3. The lowest BCUT2D eigenvalue weighted by Crippen LogP contribution is -2.60. The van der Waals surface area contributed by atoms with Crippen LogP contribution in [-0.2, 0) is 19.0 Å². The van der Waals surface area contributed by atoms with Gasteiger partial charge in [0.15, 0.2) is 6.29 Å². The Morgan fingerprint density at radius 1 is 0.731 bits per heavy atom. The van der Waals surface area contributed by atoms with E-state index in [1.165, 1.54) is 115 Å². The number of carbonyl (C=O) groups excluding carboxylic acids is 1. The van der Waals surface area contributed by atoms with Crippen molar-refractivity contribution in [2.75, 3.05) is 6.61 Å². The Hall–Kier alpha value is -1.77. The number of esters is 1. The van der Waals surface area contributed by atoms with E-state index in [2.05, 4.69) is 91.0 Å². The van der Waals surface area contributed by atoms with E-state index in [1.807, 2.05) is 0 Å². The molecule has 7 heteroatoms. The Morgan fingerprint density at radius 3 is 2.01 bits per heavy atom. The number of unbranched alkanes of at least 4 members (excludes halogenated alkanes) is 13. The normalized spacial score (nSPS) is 34.1. The number of hydrogen-bond donors (Lipinski definition) is 3. The van der Waals surface area contributed by atoms with Gasteiger partial charge in [0.25, 0.3) is 0 Å². The first-order valence-electron chi connectivity index (χ1n) is 28.4. The third kappa shape index (κ3) is 16.4. The summed E-state index contributed by atoms with van der Waals surface area (Å²) in [5.41, 5.74) is 2.12. The van der Waals surface area contributed by atoms with Gasteiger partial charge in [0, 0.05) is 6.42 Å². The molecule has 0 aromatic carbocycles. The van der Waals surface area contributed by atoms with Gasteiger partial charge in [-0.2, -0.15) is 0 Å². The third-order valence-corrected chi connectivity index (χ3v) is 18.5. The van der Waals surface area contributed by atoms with Crippen molar-refractivity contribution in [1.29, 1.82) is 0 Å². The molecule has 0 bridgehead atoms. The van der Waals surface area contributed by atoms with Gasteiger partial charge < -0.3 is 29.5 Å². The molecule has 5 aliphatic rings. The molecule has 14 atom stereocenters. The second-order valence-corrected chi connectivity index (χ2v) is 23.4. The minimum atomic E-state index is -1.45. The average Bonchev–Trinajstić information content (AvgIpc) is 3.68. The fourth-order valence-electron chi connectivity index (χ4n) is 13.6. The molecule has 1 aliphatic heterocycles. The van der Waals surface area contributed by atoms with Gasteiger partial charge in [-0.1, -0.05) is 174 Å². The van der Waals surface area contributed by atoms with Crippen molar-refractivity contribution in [3.8, 4) is 0 Å². The Kier molecular flexibility index (Phi) is 24.2. The van der Waals surface area contributed by atoms with Crippen LogP contribution in [0.1, 0.15) is 228 Å². The second-order valence-electron chi connectivity index (χ2n) is 23.4. The fourth-order valence-corrected chi connectivity index (χ4v) is 13.6. The van der Waals surface area contributed by atoms with E-state index in [9.17, 15) is 20.1 Å². The summed E-state index contributed by atoms with van der Waals surface area (Å²) in [6, 6.07) is 0. The molecule has 4 fully saturated rings. The summed E-state index contributed by atoms with van der Waals surface area (Å²) in [6.45, 7) is 17.0. The summed E-state index contributed by atoms with van der Waals surface area (Å²) in [7, 11) is 0. The molecule has 14 unspecified atom stereocenters. The summed E-state index contributed by atoms with van der Waals surface area (Å²) in [5.74, 6) is 5.13. The molecular formula is C60H102O7. The molecule has 384 valence electrons. The van der Waals surface area contributed by atoms with Crippen molar-refractivity contribution < 1.29 is 34.3 Å². The Morgan fingerprint density at radius 2 is 1.36 bits per heavy atom. The molecule has 0 amide bonds. The number of rotatable bonds is 30. The summed E-state index contributed by atoms with van der Waals surface area (Å²) in [5, 5.41) is 32.6. The maximum Gasteiger partial charge on any atom is 0.305 e. The van der Waals surface area contributed by atoms with E-state index in [1.54, 1.807) is 0 Å². The first kappa shape index (κ1) is 56.1. The maximum absolute atomic E-state index is 12.7. The average molecular weight is 935 g/mol. The van der Waals surface area contributed by atoms with Gasteiger partial charge in [0.2, 0.25) is 0 Å². The van der Waals surface area contributed by atoms with E-state index in [-0.39, 0.29) is 24.1 Å². The lowest BCUT2D eigenvalue weighted by molar-refractivity contribution is -0.313. The van der Waals surface area contributed by atoms with Crippen LogP contribution < -0.4 is 0 Å². The highest BCUT2D eigenvalue weighted by Gasteiger charge is 2.59. The van der Waals surface area contributed by atoms with Gasteiger partial charge in [-0.05, 0) is 149 Å². The summed E-state index contributed by atoms with van der Waals surface area (Å²) >= 11 is 0. The molecule has 4 aliphatic carbocycles. The zero-order valence-corrected chi connectivity index (χ0v) is 44.0. The molecule has 1 saturated heterocycles. The quantitative estimate of drug-likeness (QED) is 0.0374. The molecule has 0 radical (unpaired) electrons. The minimum absolute atomic E-state index is 0.146. The molecule has 0 aromatic heterocycles. The van der Waals surface area contributed by atoms with E-state index in [4.69, 9.17) is 14.2 Å². The van der Waals surface area contributed by atoms with Crippen LogP contribution >= 0.6 is 0 Å². The number of carbonyl (C=O) groups is 1. The van der Waals surface area contributed by atoms with Crippen LogP contribution in [0.3, 0.4) is 0 Å². The van der Waals surface area contributed by atoms with Crippen molar-refractivity contribution >= 4 is 5.97 Å². The molecule has 0 aromatic rings. The Labute approximate surface area is 410 Å². The smallest absolute Gasteiger partial charge is 0.305 e. The van der Waals surface area contributed by atoms with Crippen molar-refractivity contribution in [2.24, 2.45) is 52.3 Å². The molecule has 0 spiro atoms. The topological polar surface area (TPSA) is 105 Å². The number of aliphatic hydroxyl groups excluding tert-OH is 3. The molecule has 3 saturated carbocycles. The number of allylic oxidation sites excluding steroid dienone is 7. The van der Waals surface area contributed by atoms with Crippen LogP contribution in [0.5, 0.6) is 0 Å². The van der Waals surface area contributed by atoms with Crippen molar-refractivity contribution in [1.82, 2.24) is 0 Å². The van der Waals surface area contributed by atoms with Crippen LogP contribution in [0.15, 0.2) is 48.1 Å². The van der Waals surface area contributed by atoms with Crippen LogP contribution in [0.2, 0.25) is 0 Å². The van der Waals surface area contributed by atoms with Gasteiger partial charge in [-0.15, -0.1) is 0 Å². The number of aliphatic hydroxyl groups is 3. The highest BCUT2D eigenvalue weighted by molar-refractivity contribution is 5.69. The molecule has 67 heavy (non-hydrogen) atoms. The zero-order chi connectivity index (χ0) is 48.2. The van der Waals surface area contributed by atoms with Crippen molar-refractivity contribution in [3.63, 3.8) is 0 Å². The second kappa shape index (κ2) is 28.9. The predicted octanol–water partition coefficient (Wildman–Crippen LogP) is 14.7. The van der Waals surface area contributed by atoms with Crippen LogP contribution in [-0.4, -0.2) is 64.7 Å². The molecular weight excluding hydrogens is 833 g/mol. The summed E-state index contributed by atoms with van der Waals surface area (Å²) in [6.07, 6.45) is 42.5. The first-order valence-corrected chi connectivity index (χ1v) is 28.4. The molecule has 7 nitrogen and oxygen atoms in total. The van der Waals surface area contributed by atoms with Gasteiger partial charge in [0.05, 0.1) is 6.10 Å². The Bertz CT molecular complexity index is 1530. The summed E-state index contributed by atoms with van der Waals surface area (Å²) in [4.78, 5) is 12.7. The molecule has 5 rings (SSSR count). The highest BCUT2D eigenvalue weighted by atomic mass is 16.7. The lowest BCUT2D eigenvalue weighted by Gasteiger charge is -2.58. The van der Waals surface area contributed by atoms with Crippen LogP contribution in [0.25, 0.3) is 0 Å². The largest absolute Gasteiger partial charge is 0.463 e. The van der Waals surface area contributed by atoms with Crippen LogP contribution in [0.4, 0.5) is 0 Å². The maximum atomic E-state index is 12.7. The Balaban J connectivity index is 0.929.